The molecule has 0 saturated heterocycles. The molecule has 0 aliphatic heterocycles. The molecule has 0 amide bonds. The van der Waals surface area contributed by atoms with E-state index in [1.807, 2.05) is 12.1 Å². The summed E-state index contributed by atoms with van der Waals surface area (Å²) in [5.41, 5.74) is 2.00. The molecule has 0 fully saturated rings. The third-order valence-corrected chi connectivity index (χ3v) is 4.23. The van der Waals surface area contributed by atoms with E-state index in [9.17, 15) is 5.26 Å². The Morgan fingerprint density at radius 1 is 1.33 bits per heavy atom. The molecule has 3 aromatic rings. The van der Waals surface area contributed by atoms with Gasteiger partial charge in [0.05, 0.1) is 0 Å². The summed E-state index contributed by atoms with van der Waals surface area (Å²) in [7, 11) is 0. The van der Waals surface area contributed by atoms with E-state index in [4.69, 9.17) is 11.6 Å². The van der Waals surface area contributed by atoms with Crippen LogP contribution in [-0.4, -0.2) is 14.6 Å². The highest BCUT2D eigenvalue weighted by atomic mass is 35.5. The molecule has 3 rings (SSSR count). The van der Waals surface area contributed by atoms with Gasteiger partial charge in [-0.15, -0.1) is 0 Å². The maximum absolute atomic E-state index is 9.44. The Morgan fingerprint density at radius 2 is 2.05 bits per heavy atom. The van der Waals surface area contributed by atoms with Gasteiger partial charge in [0, 0.05) is 17.0 Å². The first-order valence-corrected chi connectivity index (χ1v) is 7.82. The molecule has 0 saturated carbocycles. The number of rotatable bonds is 3. The largest absolute Gasteiger partial charge is 0.216 e. The van der Waals surface area contributed by atoms with Crippen molar-refractivity contribution in [3.8, 4) is 17.3 Å². The molecule has 4 nitrogen and oxygen atoms in total. The van der Waals surface area contributed by atoms with E-state index in [0.717, 1.165) is 22.0 Å². The number of hydrogen-bond acceptors (Lipinski definition) is 4. The van der Waals surface area contributed by atoms with Crippen LogP contribution in [0.4, 0.5) is 0 Å². The third-order valence-electron chi connectivity index (χ3n) is 3.05. The first-order valence-electron chi connectivity index (χ1n) is 6.63. The summed E-state index contributed by atoms with van der Waals surface area (Å²) in [6, 6.07) is 9.53. The molecule has 0 atom stereocenters. The lowest BCUT2D eigenvalue weighted by Gasteiger charge is -1.99. The number of halogens is 1. The molecule has 0 radical (unpaired) electrons. The van der Waals surface area contributed by atoms with Crippen molar-refractivity contribution in [3.05, 3.63) is 40.0 Å². The molecule has 106 valence electrons. The van der Waals surface area contributed by atoms with Gasteiger partial charge in [-0.3, -0.25) is 0 Å². The number of aromatic nitrogens is 3. The zero-order valence-corrected chi connectivity index (χ0v) is 13.2. The number of fused-ring (bicyclic) bond motifs is 1. The fraction of sp³-hybridized carbons (Fsp3) is 0.267. The molecular weight excluding hydrogens is 304 g/mol. The second-order valence-corrected chi connectivity index (χ2v) is 6.69. The van der Waals surface area contributed by atoms with Gasteiger partial charge in [0.2, 0.25) is 4.96 Å². The minimum atomic E-state index is 0.471. The summed E-state index contributed by atoms with van der Waals surface area (Å²) in [5, 5.41) is 15.6. The predicted molar refractivity (Wildman–Crippen MR) is 84.6 cm³/mol. The molecule has 0 N–H and O–H groups in total. The Kier molecular flexibility index (Phi) is 3.66. The SMILES string of the molecule is CC(C)Cc1nn2c(C#N)c(-c3ccc(Cl)cc3)nc2s1. The van der Waals surface area contributed by atoms with Crippen molar-refractivity contribution in [3.63, 3.8) is 0 Å². The van der Waals surface area contributed by atoms with E-state index < -0.39 is 0 Å². The highest BCUT2D eigenvalue weighted by Crippen LogP contribution is 2.28. The highest BCUT2D eigenvalue weighted by Gasteiger charge is 2.18. The molecule has 6 heteroatoms. The van der Waals surface area contributed by atoms with Gasteiger partial charge in [-0.2, -0.15) is 14.9 Å². The van der Waals surface area contributed by atoms with Gasteiger partial charge in [0.25, 0.3) is 0 Å². The smallest absolute Gasteiger partial charge is 0.214 e. The molecule has 1 aromatic carbocycles. The maximum Gasteiger partial charge on any atom is 0.214 e. The van der Waals surface area contributed by atoms with Crippen LogP contribution < -0.4 is 0 Å². The first-order chi connectivity index (χ1) is 10.1. The predicted octanol–water partition coefficient (Wildman–Crippen LogP) is 4.18. The van der Waals surface area contributed by atoms with Gasteiger partial charge in [-0.1, -0.05) is 48.9 Å². The average molecular weight is 317 g/mol. The van der Waals surface area contributed by atoms with E-state index in [1.165, 1.54) is 11.3 Å². The molecule has 0 spiro atoms. The summed E-state index contributed by atoms with van der Waals surface area (Å²) >= 11 is 7.44. The lowest BCUT2D eigenvalue weighted by atomic mass is 10.1. The zero-order chi connectivity index (χ0) is 15.0. The summed E-state index contributed by atoms with van der Waals surface area (Å²) in [5.74, 6) is 0.530. The molecule has 0 bridgehead atoms. The highest BCUT2D eigenvalue weighted by molar-refractivity contribution is 7.16. The number of nitriles is 1. The van der Waals surface area contributed by atoms with Crippen molar-refractivity contribution >= 4 is 27.9 Å². The van der Waals surface area contributed by atoms with Crippen LogP contribution in [0.3, 0.4) is 0 Å². The van der Waals surface area contributed by atoms with Crippen molar-refractivity contribution in [2.45, 2.75) is 20.3 Å². The fourth-order valence-corrected chi connectivity index (χ4v) is 3.36. The monoisotopic (exact) mass is 316 g/mol. The quantitative estimate of drug-likeness (QED) is 0.728. The average Bonchev–Trinajstić information content (AvgIpc) is 2.95. The number of benzene rings is 1. The Hall–Kier alpha value is -1.90. The van der Waals surface area contributed by atoms with E-state index in [-0.39, 0.29) is 0 Å². The first kappa shape index (κ1) is 14.1. The van der Waals surface area contributed by atoms with E-state index >= 15 is 0 Å². The lowest BCUT2D eigenvalue weighted by Crippen LogP contribution is -1.96. The van der Waals surface area contributed by atoms with Gasteiger partial charge in [-0.25, -0.2) is 4.98 Å². The molecule has 0 unspecified atom stereocenters. The minimum Gasteiger partial charge on any atom is -0.216 e. The van der Waals surface area contributed by atoms with Gasteiger partial charge in [0.15, 0.2) is 5.69 Å². The molecule has 0 aliphatic carbocycles. The standard InChI is InChI=1S/C15H13ClN4S/c1-9(2)7-13-19-20-12(8-17)14(18-15(20)21-13)10-3-5-11(16)6-4-10/h3-6,9H,7H2,1-2H3. The van der Waals surface area contributed by atoms with Gasteiger partial charge in [0.1, 0.15) is 16.8 Å². The molecule has 21 heavy (non-hydrogen) atoms. The summed E-state index contributed by atoms with van der Waals surface area (Å²) in [4.78, 5) is 5.32. The van der Waals surface area contributed by atoms with Crippen LogP contribution in [0.15, 0.2) is 24.3 Å². The van der Waals surface area contributed by atoms with Crippen LogP contribution in [0, 0.1) is 17.2 Å². The normalized spacial score (nSPS) is 11.2. The van der Waals surface area contributed by atoms with E-state index in [2.05, 4.69) is 30.0 Å². The summed E-state index contributed by atoms with van der Waals surface area (Å²) in [6.07, 6.45) is 0.898. The van der Waals surface area contributed by atoms with Crippen molar-refractivity contribution in [2.75, 3.05) is 0 Å². The lowest BCUT2D eigenvalue weighted by molar-refractivity contribution is 0.636. The van der Waals surface area contributed by atoms with Crippen molar-refractivity contribution in [1.29, 1.82) is 5.26 Å². The topological polar surface area (TPSA) is 54.0 Å². The zero-order valence-electron chi connectivity index (χ0n) is 11.7. The fourth-order valence-electron chi connectivity index (χ4n) is 2.13. The molecule has 2 heterocycles. The molecular formula is C15H13ClN4S. The number of nitrogens with zero attached hydrogens (tertiary/aromatic N) is 4. The van der Waals surface area contributed by atoms with Crippen molar-refractivity contribution < 1.29 is 0 Å². The molecule has 0 aliphatic rings. The Bertz CT molecular complexity index is 824. The third kappa shape index (κ3) is 2.65. The van der Waals surface area contributed by atoms with Crippen LogP contribution >= 0.6 is 22.9 Å². The maximum atomic E-state index is 9.44. The van der Waals surface area contributed by atoms with Gasteiger partial charge < -0.3 is 0 Å². The minimum absolute atomic E-state index is 0.471. The second kappa shape index (κ2) is 5.47. The van der Waals surface area contributed by atoms with Crippen molar-refractivity contribution in [2.24, 2.45) is 5.92 Å². The Labute approximate surface area is 131 Å². The second-order valence-electron chi connectivity index (χ2n) is 5.22. The summed E-state index contributed by atoms with van der Waals surface area (Å²) in [6.45, 7) is 4.29. The number of hydrogen-bond donors (Lipinski definition) is 0. The Morgan fingerprint density at radius 3 is 2.67 bits per heavy atom. The van der Waals surface area contributed by atoms with E-state index in [1.54, 1.807) is 16.6 Å². The summed E-state index contributed by atoms with van der Waals surface area (Å²) < 4.78 is 1.65. The Balaban J connectivity index is 2.10. The van der Waals surface area contributed by atoms with Crippen molar-refractivity contribution in [1.82, 2.24) is 14.6 Å². The van der Waals surface area contributed by atoms with Gasteiger partial charge in [-0.05, 0) is 18.1 Å². The van der Waals surface area contributed by atoms with E-state index in [0.29, 0.717) is 22.3 Å². The van der Waals surface area contributed by atoms with Crippen LogP contribution in [0.1, 0.15) is 24.5 Å². The van der Waals surface area contributed by atoms with Gasteiger partial charge >= 0.3 is 0 Å². The van der Waals surface area contributed by atoms with Crippen LogP contribution in [0.5, 0.6) is 0 Å². The van der Waals surface area contributed by atoms with Crippen LogP contribution in [0.2, 0.25) is 5.02 Å². The molecule has 2 aromatic heterocycles. The van der Waals surface area contributed by atoms with Crippen LogP contribution in [-0.2, 0) is 6.42 Å². The number of imidazole rings is 1. The van der Waals surface area contributed by atoms with Crippen LogP contribution in [0.25, 0.3) is 16.2 Å².